The van der Waals surface area contributed by atoms with E-state index in [1.54, 1.807) is 0 Å². The van der Waals surface area contributed by atoms with Gasteiger partial charge in [0.1, 0.15) is 5.82 Å². The molecule has 3 aromatic rings. The van der Waals surface area contributed by atoms with Crippen molar-refractivity contribution in [2.24, 2.45) is 0 Å². The third-order valence-electron chi connectivity index (χ3n) is 6.38. The molecule has 0 spiro atoms. The number of ether oxygens (including phenoxy) is 1. The van der Waals surface area contributed by atoms with Gasteiger partial charge in [0.25, 0.3) is 5.91 Å². The molecule has 2 N–H and O–H groups in total. The average molecular weight is 482 g/mol. The number of carbonyl (C=O) groups is 1. The van der Waals surface area contributed by atoms with Crippen LogP contribution in [0.25, 0.3) is 0 Å². The molecule has 3 heterocycles. The van der Waals surface area contributed by atoms with E-state index in [0.717, 1.165) is 30.0 Å². The first-order chi connectivity index (χ1) is 16.4. The van der Waals surface area contributed by atoms with Gasteiger partial charge in [-0.05, 0) is 48.7 Å². The van der Waals surface area contributed by atoms with E-state index in [-0.39, 0.29) is 10.8 Å². The molecule has 5 rings (SSSR count). The van der Waals surface area contributed by atoms with Crippen molar-refractivity contribution in [3.8, 4) is 0 Å². The van der Waals surface area contributed by atoms with Gasteiger partial charge in [-0.2, -0.15) is 9.40 Å². The second-order valence-corrected chi connectivity index (χ2v) is 10.4. The number of fused-ring (bicyclic) bond motifs is 1. The van der Waals surface area contributed by atoms with Crippen LogP contribution in [0.5, 0.6) is 0 Å². The molecule has 0 bridgehead atoms. The number of amides is 1. The highest BCUT2D eigenvalue weighted by Crippen LogP contribution is 2.26. The minimum atomic E-state index is -3.65. The number of carbonyl (C=O) groups excluding carboxylic acids is 1. The first kappa shape index (κ1) is 22.6. The number of morpholine rings is 1. The molecule has 10 heteroatoms. The van der Waals surface area contributed by atoms with Crippen LogP contribution in [0.2, 0.25) is 0 Å². The Bertz CT molecular complexity index is 1300. The van der Waals surface area contributed by atoms with Gasteiger partial charge in [-0.3, -0.25) is 9.89 Å². The standard InChI is InChI=1S/C24H27N5O4S/c1-17-22(26-27-23(17)28-12-14-33-15-13-28)25-24(30)19-6-8-21(9-7-19)34(31,32)29-11-10-18-4-2-3-5-20(18)16-29/h2-9H,10-16H2,1H3,(H2,25,26,27,30). The fourth-order valence-electron chi connectivity index (χ4n) is 4.38. The van der Waals surface area contributed by atoms with Gasteiger partial charge >= 0.3 is 0 Å². The normalized spacial score (nSPS) is 16.8. The molecule has 2 aromatic carbocycles. The molecule has 0 aliphatic carbocycles. The Labute approximate surface area is 198 Å². The number of hydrogen-bond donors (Lipinski definition) is 2. The summed E-state index contributed by atoms with van der Waals surface area (Å²) in [5.41, 5.74) is 3.43. The highest BCUT2D eigenvalue weighted by Gasteiger charge is 2.28. The summed E-state index contributed by atoms with van der Waals surface area (Å²) in [7, 11) is -3.65. The molecule has 178 valence electrons. The summed E-state index contributed by atoms with van der Waals surface area (Å²) >= 11 is 0. The zero-order valence-electron chi connectivity index (χ0n) is 19.0. The Morgan fingerprint density at radius 3 is 2.47 bits per heavy atom. The van der Waals surface area contributed by atoms with E-state index in [9.17, 15) is 13.2 Å². The van der Waals surface area contributed by atoms with Crippen molar-refractivity contribution < 1.29 is 17.9 Å². The van der Waals surface area contributed by atoms with E-state index in [1.165, 1.54) is 34.1 Å². The number of H-pyrrole nitrogens is 1. The second kappa shape index (κ2) is 9.21. The number of rotatable bonds is 5. The molecule has 2 aliphatic heterocycles. The minimum absolute atomic E-state index is 0.177. The van der Waals surface area contributed by atoms with Gasteiger partial charge in [0.05, 0.1) is 18.1 Å². The summed E-state index contributed by atoms with van der Waals surface area (Å²) in [6.07, 6.45) is 0.686. The molecule has 1 amide bonds. The number of benzene rings is 2. The number of aromatic amines is 1. The number of anilines is 2. The number of aromatic nitrogens is 2. The number of hydrogen-bond acceptors (Lipinski definition) is 6. The predicted molar refractivity (Wildman–Crippen MR) is 128 cm³/mol. The Balaban J connectivity index is 1.28. The van der Waals surface area contributed by atoms with Crippen LogP contribution in [-0.2, 0) is 27.7 Å². The van der Waals surface area contributed by atoms with Gasteiger partial charge in [-0.1, -0.05) is 24.3 Å². The Morgan fingerprint density at radius 2 is 1.74 bits per heavy atom. The topological polar surface area (TPSA) is 108 Å². The summed E-state index contributed by atoms with van der Waals surface area (Å²) in [6, 6.07) is 14.0. The van der Waals surface area contributed by atoms with Gasteiger partial charge < -0.3 is 15.0 Å². The Morgan fingerprint density at radius 1 is 1.03 bits per heavy atom. The quantitative estimate of drug-likeness (QED) is 0.580. The first-order valence-corrected chi connectivity index (χ1v) is 12.7. The second-order valence-electron chi connectivity index (χ2n) is 8.48. The molecular weight excluding hydrogens is 454 g/mol. The highest BCUT2D eigenvalue weighted by molar-refractivity contribution is 7.89. The summed E-state index contributed by atoms with van der Waals surface area (Å²) in [6.45, 7) is 5.48. The zero-order chi connectivity index (χ0) is 23.7. The molecule has 0 atom stereocenters. The Hall–Kier alpha value is -3.21. The summed E-state index contributed by atoms with van der Waals surface area (Å²) in [5.74, 6) is 0.981. The number of nitrogens with one attached hydrogen (secondary N) is 2. The lowest BCUT2D eigenvalue weighted by Gasteiger charge is -2.28. The predicted octanol–water partition coefficient (Wildman–Crippen LogP) is 2.55. The van der Waals surface area contributed by atoms with Crippen LogP contribution in [0.3, 0.4) is 0 Å². The van der Waals surface area contributed by atoms with Gasteiger partial charge in [0.15, 0.2) is 5.82 Å². The van der Waals surface area contributed by atoms with Crippen LogP contribution in [0.15, 0.2) is 53.4 Å². The van der Waals surface area contributed by atoms with Crippen molar-refractivity contribution in [1.82, 2.24) is 14.5 Å². The molecule has 9 nitrogen and oxygen atoms in total. The lowest BCUT2D eigenvalue weighted by Crippen LogP contribution is -2.36. The van der Waals surface area contributed by atoms with Crippen molar-refractivity contribution in [3.63, 3.8) is 0 Å². The van der Waals surface area contributed by atoms with Gasteiger partial charge in [-0.25, -0.2) is 8.42 Å². The Kier molecular flexibility index (Phi) is 6.11. The molecule has 34 heavy (non-hydrogen) atoms. The molecular formula is C24H27N5O4S. The molecule has 0 unspecified atom stereocenters. The van der Waals surface area contributed by atoms with E-state index < -0.39 is 10.0 Å². The van der Waals surface area contributed by atoms with Crippen molar-refractivity contribution in [2.75, 3.05) is 43.1 Å². The van der Waals surface area contributed by atoms with E-state index in [1.807, 2.05) is 31.2 Å². The van der Waals surface area contributed by atoms with Crippen LogP contribution in [0.1, 0.15) is 27.0 Å². The monoisotopic (exact) mass is 481 g/mol. The zero-order valence-corrected chi connectivity index (χ0v) is 19.8. The third-order valence-corrected chi connectivity index (χ3v) is 8.24. The molecule has 0 radical (unpaired) electrons. The SMILES string of the molecule is Cc1c(N2CCOCC2)n[nH]c1NC(=O)c1ccc(S(=O)(=O)N2CCc3ccccc3C2)cc1. The molecule has 1 saturated heterocycles. The maximum absolute atomic E-state index is 13.2. The van der Waals surface area contributed by atoms with Gasteiger partial charge in [0, 0.05) is 37.3 Å². The van der Waals surface area contributed by atoms with Crippen molar-refractivity contribution in [1.29, 1.82) is 0 Å². The van der Waals surface area contributed by atoms with Gasteiger partial charge in [0.2, 0.25) is 10.0 Å². The summed E-state index contributed by atoms with van der Waals surface area (Å²) in [4.78, 5) is 15.1. The number of nitrogens with zero attached hydrogens (tertiary/aromatic N) is 3. The van der Waals surface area contributed by atoms with Gasteiger partial charge in [-0.15, -0.1) is 0 Å². The lowest BCUT2D eigenvalue weighted by molar-refractivity contribution is 0.102. The maximum Gasteiger partial charge on any atom is 0.256 e. The van der Waals surface area contributed by atoms with Crippen LogP contribution < -0.4 is 10.2 Å². The van der Waals surface area contributed by atoms with E-state index in [2.05, 4.69) is 20.4 Å². The van der Waals surface area contributed by atoms with E-state index >= 15 is 0 Å². The third kappa shape index (κ3) is 4.31. The van der Waals surface area contributed by atoms with Crippen molar-refractivity contribution >= 4 is 27.6 Å². The maximum atomic E-state index is 13.2. The van der Waals surface area contributed by atoms with Crippen LogP contribution in [0.4, 0.5) is 11.6 Å². The molecule has 2 aliphatic rings. The lowest BCUT2D eigenvalue weighted by atomic mass is 10.0. The molecule has 1 aromatic heterocycles. The number of sulfonamides is 1. The average Bonchev–Trinajstić information content (AvgIpc) is 3.24. The van der Waals surface area contributed by atoms with Crippen LogP contribution in [0, 0.1) is 6.92 Å². The first-order valence-electron chi connectivity index (χ1n) is 11.3. The molecule has 0 saturated carbocycles. The molecule has 1 fully saturated rings. The minimum Gasteiger partial charge on any atom is -0.378 e. The fraction of sp³-hybridized carbons (Fsp3) is 0.333. The fourth-order valence-corrected chi connectivity index (χ4v) is 5.80. The van der Waals surface area contributed by atoms with Crippen molar-refractivity contribution in [2.45, 2.75) is 24.8 Å². The summed E-state index contributed by atoms with van der Waals surface area (Å²) < 4.78 is 33.2. The summed E-state index contributed by atoms with van der Waals surface area (Å²) in [5, 5.41) is 10.1. The van der Waals surface area contributed by atoms with Crippen LogP contribution >= 0.6 is 0 Å². The van der Waals surface area contributed by atoms with Crippen molar-refractivity contribution in [3.05, 3.63) is 70.8 Å². The largest absolute Gasteiger partial charge is 0.378 e. The smallest absolute Gasteiger partial charge is 0.256 e. The highest BCUT2D eigenvalue weighted by atomic mass is 32.2. The van der Waals surface area contributed by atoms with Crippen LogP contribution in [-0.4, -0.2) is 61.7 Å². The van der Waals surface area contributed by atoms with E-state index in [0.29, 0.717) is 44.1 Å². The van der Waals surface area contributed by atoms with E-state index in [4.69, 9.17) is 4.74 Å².